The molecule has 0 fully saturated rings. The average Bonchev–Trinajstić information content (AvgIpc) is 2.71. The summed E-state index contributed by atoms with van der Waals surface area (Å²) in [6.45, 7) is 5.09. The maximum Gasteiger partial charge on any atom is 0.313 e. The smallest absolute Gasteiger partial charge is 0.313 e. The van der Waals surface area contributed by atoms with Crippen LogP contribution >= 0.6 is 0 Å². The number of hydrogen-bond donors (Lipinski definition) is 0. The molecule has 2 rings (SSSR count). The van der Waals surface area contributed by atoms with Crippen molar-refractivity contribution in [2.24, 2.45) is 0 Å². The van der Waals surface area contributed by atoms with Gasteiger partial charge in [0.05, 0.1) is 13.2 Å². The Labute approximate surface area is 179 Å². The first-order chi connectivity index (χ1) is 14.5. The molecule has 0 atom stereocenters. The maximum atomic E-state index is 11.2. The van der Waals surface area contributed by atoms with Gasteiger partial charge in [-0.1, -0.05) is 36.4 Å². The minimum absolute atomic E-state index is 0.137. The fourth-order valence-corrected chi connectivity index (χ4v) is 2.95. The van der Waals surface area contributed by atoms with E-state index in [2.05, 4.69) is 48.3 Å². The van der Waals surface area contributed by atoms with Gasteiger partial charge in [-0.15, -0.1) is 0 Å². The zero-order valence-electron chi connectivity index (χ0n) is 17.9. The summed E-state index contributed by atoms with van der Waals surface area (Å²) in [6, 6.07) is 12.6. The van der Waals surface area contributed by atoms with E-state index in [0.29, 0.717) is 19.8 Å². The second kappa shape index (κ2) is 13.4. The molecule has 0 radical (unpaired) electrons. The third kappa shape index (κ3) is 10.1. The van der Waals surface area contributed by atoms with Gasteiger partial charge in [-0.2, -0.15) is 0 Å². The highest BCUT2D eigenvalue weighted by atomic mass is 16.5. The second-order valence-corrected chi connectivity index (χ2v) is 7.48. The first-order valence-corrected chi connectivity index (χ1v) is 10.4. The van der Waals surface area contributed by atoms with Crippen molar-refractivity contribution in [3.05, 3.63) is 71.1 Å². The molecule has 2 aromatic rings. The van der Waals surface area contributed by atoms with E-state index in [0.717, 1.165) is 25.7 Å². The molecule has 0 amide bonds. The summed E-state index contributed by atoms with van der Waals surface area (Å²) in [4.78, 5) is 26.2. The largest absolute Gasteiger partial charge is 0.465 e. The van der Waals surface area contributed by atoms with Gasteiger partial charge in [0.15, 0.2) is 0 Å². The molecule has 1 aromatic heterocycles. The zero-order valence-corrected chi connectivity index (χ0v) is 17.9. The van der Waals surface area contributed by atoms with Crippen LogP contribution in [0.25, 0.3) is 6.08 Å². The highest BCUT2D eigenvalue weighted by molar-refractivity contribution is 5.94. The van der Waals surface area contributed by atoms with Gasteiger partial charge in [0.1, 0.15) is 12.2 Å². The third-order valence-electron chi connectivity index (χ3n) is 4.44. The maximum absolute atomic E-state index is 11.2. The molecule has 0 unspecified atom stereocenters. The fourth-order valence-electron chi connectivity index (χ4n) is 2.95. The SMILES string of the molecule is CC(=O)CC(=O)OCCCCCOC/C(C)=C/c1ccc(Cc2cccnc2)cc1. The fraction of sp³-hybridized carbons (Fsp3) is 0.400. The number of esters is 1. The molecule has 0 aliphatic carbocycles. The highest BCUT2D eigenvalue weighted by Gasteiger charge is 2.05. The average molecular weight is 410 g/mol. The number of Topliss-reactive ketones (excluding diaryl/α,β-unsaturated/α-hetero) is 1. The van der Waals surface area contributed by atoms with Gasteiger partial charge in [-0.05, 0) is 67.9 Å². The van der Waals surface area contributed by atoms with Crippen LogP contribution in [0.4, 0.5) is 0 Å². The number of rotatable bonds is 13. The van der Waals surface area contributed by atoms with Crippen LogP contribution in [0.15, 0.2) is 54.4 Å². The number of ketones is 1. The Balaban J connectivity index is 1.59. The minimum Gasteiger partial charge on any atom is -0.465 e. The summed E-state index contributed by atoms with van der Waals surface area (Å²) in [6.07, 6.45) is 9.20. The number of pyridine rings is 1. The lowest BCUT2D eigenvalue weighted by atomic mass is 10.0. The van der Waals surface area contributed by atoms with Crippen LogP contribution in [-0.2, 0) is 25.5 Å². The Kier molecular flexibility index (Phi) is 10.5. The van der Waals surface area contributed by atoms with Gasteiger partial charge < -0.3 is 9.47 Å². The van der Waals surface area contributed by atoms with E-state index < -0.39 is 5.97 Å². The predicted octanol–water partition coefficient (Wildman–Crippen LogP) is 4.78. The quantitative estimate of drug-likeness (QED) is 0.270. The van der Waals surface area contributed by atoms with Gasteiger partial charge >= 0.3 is 5.97 Å². The summed E-state index contributed by atoms with van der Waals surface area (Å²) in [7, 11) is 0. The Bertz CT molecular complexity index is 813. The second-order valence-electron chi connectivity index (χ2n) is 7.48. The van der Waals surface area contributed by atoms with Crippen molar-refractivity contribution in [1.29, 1.82) is 0 Å². The molecule has 0 saturated carbocycles. The molecule has 30 heavy (non-hydrogen) atoms. The lowest BCUT2D eigenvalue weighted by molar-refractivity contribution is -0.145. The summed E-state index contributed by atoms with van der Waals surface area (Å²) < 4.78 is 10.7. The molecular formula is C25H31NO4. The predicted molar refractivity (Wildman–Crippen MR) is 118 cm³/mol. The van der Waals surface area contributed by atoms with Crippen LogP contribution in [0.3, 0.4) is 0 Å². The molecule has 0 N–H and O–H groups in total. The van der Waals surface area contributed by atoms with Crippen molar-refractivity contribution >= 4 is 17.8 Å². The third-order valence-corrected chi connectivity index (χ3v) is 4.44. The molecule has 5 nitrogen and oxygen atoms in total. The van der Waals surface area contributed by atoms with Crippen molar-refractivity contribution in [1.82, 2.24) is 4.98 Å². The number of ether oxygens (including phenoxy) is 2. The Morgan fingerprint density at radius 2 is 1.73 bits per heavy atom. The normalized spacial score (nSPS) is 11.3. The molecule has 160 valence electrons. The summed E-state index contributed by atoms with van der Waals surface area (Å²) >= 11 is 0. The Morgan fingerprint density at radius 1 is 0.967 bits per heavy atom. The summed E-state index contributed by atoms with van der Waals surface area (Å²) in [5, 5.41) is 0. The van der Waals surface area contributed by atoms with Crippen LogP contribution in [0.1, 0.15) is 56.2 Å². The van der Waals surface area contributed by atoms with Crippen molar-refractivity contribution in [3.8, 4) is 0 Å². The standard InChI is InChI=1S/C25H31NO4/c1-20(19-29-13-4-3-5-14-30-25(28)16-21(2)27)15-22-8-10-23(11-9-22)17-24-7-6-12-26-18-24/h6-12,15,18H,3-5,13-14,16-17,19H2,1-2H3/b20-15+. The molecule has 0 bridgehead atoms. The lowest BCUT2D eigenvalue weighted by Crippen LogP contribution is -2.09. The first kappa shape index (κ1) is 23.5. The van der Waals surface area contributed by atoms with Crippen LogP contribution in [0.5, 0.6) is 0 Å². The Morgan fingerprint density at radius 3 is 2.43 bits per heavy atom. The van der Waals surface area contributed by atoms with Gasteiger partial charge in [0.25, 0.3) is 0 Å². The number of aromatic nitrogens is 1. The lowest BCUT2D eigenvalue weighted by Gasteiger charge is -2.06. The van der Waals surface area contributed by atoms with E-state index >= 15 is 0 Å². The summed E-state index contributed by atoms with van der Waals surface area (Å²) in [5.41, 5.74) is 4.81. The van der Waals surface area contributed by atoms with Crippen molar-refractivity contribution in [2.75, 3.05) is 19.8 Å². The number of unbranched alkanes of at least 4 members (excludes halogenated alkanes) is 2. The summed E-state index contributed by atoms with van der Waals surface area (Å²) in [5.74, 6) is -0.609. The first-order valence-electron chi connectivity index (χ1n) is 10.4. The highest BCUT2D eigenvalue weighted by Crippen LogP contribution is 2.13. The van der Waals surface area contributed by atoms with Gasteiger partial charge in [0, 0.05) is 19.0 Å². The molecule has 0 aliphatic heterocycles. The number of benzene rings is 1. The van der Waals surface area contributed by atoms with E-state index in [1.165, 1.54) is 29.2 Å². The van der Waals surface area contributed by atoms with Crippen LogP contribution in [-0.4, -0.2) is 36.6 Å². The number of nitrogens with zero attached hydrogens (tertiary/aromatic N) is 1. The number of carbonyl (C=O) groups is 2. The van der Waals surface area contributed by atoms with Crippen molar-refractivity contribution in [2.45, 2.75) is 46.0 Å². The molecule has 1 aromatic carbocycles. The van der Waals surface area contributed by atoms with E-state index in [-0.39, 0.29) is 12.2 Å². The van der Waals surface area contributed by atoms with Gasteiger partial charge in [-0.3, -0.25) is 14.6 Å². The van der Waals surface area contributed by atoms with Crippen molar-refractivity contribution < 1.29 is 19.1 Å². The van der Waals surface area contributed by atoms with E-state index in [4.69, 9.17) is 9.47 Å². The Hall–Kier alpha value is -2.79. The molecule has 0 saturated heterocycles. The van der Waals surface area contributed by atoms with Crippen LogP contribution in [0, 0.1) is 0 Å². The van der Waals surface area contributed by atoms with Crippen LogP contribution in [0.2, 0.25) is 0 Å². The van der Waals surface area contributed by atoms with Gasteiger partial charge in [-0.25, -0.2) is 0 Å². The van der Waals surface area contributed by atoms with E-state index in [1.54, 1.807) is 6.20 Å². The number of carbonyl (C=O) groups excluding carboxylic acids is 2. The molecule has 5 heteroatoms. The molecular weight excluding hydrogens is 378 g/mol. The van der Waals surface area contributed by atoms with Crippen molar-refractivity contribution in [3.63, 3.8) is 0 Å². The molecule has 1 heterocycles. The minimum atomic E-state index is -0.440. The molecule has 0 spiro atoms. The topological polar surface area (TPSA) is 65.5 Å². The zero-order chi connectivity index (χ0) is 21.6. The number of hydrogen-bond acceptors (Lipinski definition) is 5. The monoisotopic (exact) mass is 409 g/mol. The van der Waals surface area contributed by atoms with Crippen LogP contribution < -0.4 is 0 Å². The van der Waals surface area contributed by atoms with Gasteiger partial charge in [0.2, 0.25) is 0 Å². The van der Waals surface area contributed by atoms with E-state index in [9.17, 15) is 9.59 Å². The van der Waals surface area contributed by atoms with E-state index in [1.807, 2.05) is 12.3 Å². The molecule has 0 aliphatic rings.